The van der Waals surface area contributed by atoms with E-state index in [1.165, 1.54) is 12.4 Å². The number of benzene rings is 2. The summed E-state index contributed by atoms with van der Waals surface area (Å²) in [5.41, 5.74) is 6.59. The zero-order chi connectivity index (χ0) is 23.0. The molecule has 0 saturated heterocycles. The van der Waals surface area contributed by atoms with Crippen LogP contribution in [0, 0.1) is 0 Å². The second-order valence-corrected chi connectivity index (χ2v) is 7.39. The molecule has 32 heavy (non-hydrogen) atoms. The highest BCUT2D eigenvalue weighted by Gasteiger charge is 2.01. The van der Waals surface area contributed by atoms with E-state index in [4.69, 9.17) is 0 Å². The molecule has 8 nitrogen and oxygen atoms in total. The predicted molar refractivity (Wildman–Crippen MR) is 125 cm³/mol. The number of nitrogens with zero attached hydrogens (tertiary/aromatic N) is 2. The van der Waals surface area contributed by atoms with Gasteiger partial charge in [0.15, 0.2) is 0 Å². The molecule has 0 spiro atoms. The van der Waals surface area contributed by atoms with Gasteiger partial charge in [-0.2, -0.15) is 10.2 Å². The third-order valence-corrected chi connectivity index (χ3v) is 4.65. The maximum Gasteiger partial charge on any atom is 0.240 e. The van der Waals surface area contributed by atoms with Gasteiger partial charge in [0, 0.05) is 12.8 Å². The van der Waals surface area contributed by atoms with Crippen molar-refractivity contribution in [1.29, 1.82) is 0 Å². The van der Waals surface area contributed by atoms with Gasteiger partial charge < -0.3 is 10.2 Å². The van der Waals surface area contributed by atoms with E-state index in [1.54, 1.807) is 48.5 Å². The van der Waals surface area contributed by atoms with Gasteiger partial charge in [-0.1, -0.05) is 25.7 Å². The zero-order valence-electron chi connectivity index (χ0n) is 18.0. The Balaban J connectivity index is 1.43. The number of carbonyl (C=O) groups is 2. The van der Waals surface area contributed by atoms with E-state index in [9.17, 15) is 19.8 Å². The molecular weight excluding hydrogens is 408 g/mol. The minimum absolute atomic E-state index is 0.121. The summed E-state index contributed by atoms with van der Waals surface area (Å²) in [4.78, 5) is 23.5. The van der Waals surface area contributed by atoms with Gasteiger partial charge in [-0.15, -0.1) is 0 Å². The Morgan fingerprint density at radius 2 is 0.969 bits per heavy atom. The van der Waals surface area contributed by atoms with E-state index >= 15 is 0 Å². The Hall–Kier alpha value is -3.68. The van der Waals surface area contributed by atoms with E-state index in [1.807, 2.05) is 0 Å². The number of phenols is 2. The van der Waals surface area contributed by atoms with Crippen molar-refractivity contribution in [2.24, 2.45) is 10.2 Å². The number of unbranched alkanes of at least 4 members (excludes halogenated alkanes) is 5. The van der Waals surface area contributed by atoms with E-state index in [0.29, 0.717) is 12.8 Å². The number of phenolic OH excluding ortho intramolecular Hbond substituents is 2. The first-order valence-corrected chi connectivity index (χ1v) is 10.7. The molecule has 0 aliphatic rings. The molecule has 0 atom stereocenters. The van der Waals surface area contributed by atoms with Crippen LogP contribution in [0.4, 0.5) is 0 Å². The Kier molecular flexibility index (Phi) is 11.0. The maximum atomic E-state index is 11.8. The number of hydrogen-bond acceptors (Lipinski definition) is 6. The molecular formula is C24H30N4O4. The summed E-state index contributed by atoms with van der Waals surface area (Å²) in [6, 6.07) is 13.1. The fourth-order valence-electron chi connectivity index (χ4n) is 2.87. The number of nitrogens with one attached hydrogen (secondary N) is 2. The van der Waals surface area contributed by atoms with Gasteiger partial charge in [-0.25, -0.2) is 10.9 Å². The van der Waals surface area contributed by atoms with Crippen molar-refractivity contribution in [1.82, 2.24) is 10.9 Å². The summed E-state index contributed by atoms with van der Waals surface area (Å²) in [5.74, 6) is 0.130. The standard InChI is InChI=1S/C24H30N4O4/c29-21-13-9-19(10-14-21)17-25-27-23(31)7-5-3-1-2-4-6-8-24(32)28-26-18-20-11-15-22(30)16-12-20/h9-18,29-30H,1-8H2,(H,27,31)(H,28,32)/b25-17-,26-18+. The van der Waals surface area contributed by atoms with Gasteiger partial charge >= 0.3 is 0 Å². The monoisotopic (exact) mass is 438 g/mol. The van der Waals surface area contributed by atoms with Crippen LogP contribution in [-0.2, 0) is 9.59 Å². The van der Waals surface area contributed by atoms with Crippen LogP contribution in [0.25, 0.3) is 0 Å². The highest BCUT2D eigenvalue weighted by atomic mass is 16.3. The maximum absolute atomic E-state index is 11.8. The van der Waals surface area contributed by atoms with Crippen molar-refractivity contribution in [3.63, 3.8) is 0 Å². The molecule has 0 aromatic heterocycles. The van der Waals surface area contributed by atoms with Gasteiger partial charge in [-0.05, 0) is 72.5 Å². The average molecular weight is 439 g/mol. The minimum Gasteiger partial charge on any atom is -0.508 e. The van der Waals surface area contributed by atoms with E-state index in [-0.39, 0.29) is 23.3 Å². The predicted octanol–water partition coefficient (Wildman–Crippen LogP) is 3.82. The van der Waals surface area contributed by atoms with Gasteiger partial charge in [-0.3, -0.25) is 9.59 Å². The van der Waals surface area contributed by atoms with Crippen molar-refractivity contribution < 1.29 is 19.8 Å². The first-order valence-electron chi connectivity index (χ1n) is 10.7. The molecule has 4 N–H and O–H groups in total. The number of hydrazone groups is 2. The van der Waals surface area contributed by atoms with E-state index in [0.717, 1.165) is 49.7 Å². The molecule has 170 valence electrons. The summed E-state index contributed by atoms with van der Waals surface area (Å²) in [5, 5.41) is 26.2. The first kappa shape index (κ1) is 24.6. The van der Waals surface area contributed by atoms with E-state index in [2.05, 4.69) is 21.1 Å². The third-order valence-electron chi connectivity index (χ3n) is 4.65. The lowest BCUT2D eigenvalue weighted by atomic mass is 10.1. The SMILES string of the molecule is O=C(CCCCCCCCC(=O)N/N=C/c1ccc(O)cc1)N/N=C\c1ccc(O)cc1. The molecule has 2 aromatic rings. The largest absolute Gasteiger partial charge is 0.508 e. The zero-order valence-corrected chi connectivity index (χ0v) is 18.0. The summed E-state index contributed by atoms with van der Waals surface area (Å²) in [7, 11) is 0. The summed E-state index contributed by atoms with van der Waals surface area (Å²) >= 11 is 0. The molecule has 0 radical (unpaired) electrons. The number of rotatable bonds is 13. The topological polar surface area (TPSA) is 123 Å². The van der Waals surface area contributed by atoms with Gasteiger partial charge in [0.05, 0.1) is 12.4 Å². The Bertz CT molecular complexity index is 818. The normalized spacial score (nSPS) is 11.1. The minimum atomic E-state index is -0.121. The Labute approximate surface area is 188 Å². The fraction of sp³-hybridized carbons (Fsp3) is 0.333. The van der Waals surface area contributed by atoms with Crippen LogP contribution in [0.15, 0.2) is 58.7 Å². The van der Waals surface area contributed by atoms with Gasteiger partial charge in [0.25, 0.3) is 0 Å². The molecule has 2 amide bonds. The van der Waals surface area contributed by atoms with Crippen molar-refractivity contribution in [2.75, 3.05) is 0 Å². The lowest BCUT2D eigenvalue weighted by Gasteiger charge is -2.02. The molecule has 0 aliphatic heterocycles. The van der Waals surface area contributed by atoms with Crippen LogP contribution in [-0.4, -0.2) is 34.5 Å². The molecule has 0 fully saturated rings. The van der Waals surface area contributed by atoms with Crippen molar-refractivity contribution in [3.8, 4) is 11.5 Å². The molecule has 0 aliphatic carbocycles. The second-order valence-electron chi connectivity index (χ2n) is 7.39. The van der Waals surface area contributed by atoms with Crippen LogP contribution in [0.1, 0.15) is 62.5 Å². The summed E-state index contributed by atoms with van der Waals surface area (Å²) in [6.07, 6.45) is 9.47. The quantitative estimate of drug-likeness (QED) is 0.216. The highest BCUT2D eigenvalue weighted by molar-refractivity contribution is 5.83. The molecule has 0 unspecified atom stereocenters. The first-order chi connectivity index (χ1) is 15.5. The van der Waals surface area contributed by atoms with Gasteiger partial charge in [0.2, 0.25) is 11.8 Å². The smallest absolute Gasteiger partial charge is 0.240 e. The van der Waals surface area contributed by atoms with Crippen LogP contribution < -0.4 is 10.9 Å². The third kappa shape index (κ3) is 10.9. The molecule has 0 saturated carbocycles. The van der Waals surface area contributed by atoms with Crippen molar-refractivity contribution in [2.45, 2.75) is 51.4 Å². The summed E-state index contributed by atoms with van der Waals surface area (Å²) < 4.78 is 0. The Morgan fingerprint density at radius 3 is 1.34 bits per heavy atom. The molecule has 0 bridgehead atoms. The molecule has 8 heteroatoms. The number of aromatic hydroxyl groups is 2. The van der Waals surface area contributed by atoms with E-state index < -0.39 is 0 Å². The number of hydrogen-bond donors (Lipinski definition) is 4. The van der Waals surface area contributed by atoms with Crippen molar-refractivity contribution >= 4 is 24.2 Å². The summed E-state index contributed by atoms with van der Waals surface area (Å²) in [6.45, 7) is 0. The lowest BCUT2D eigenvalue weighted by molar-refractivity contribution is -0.122. The molecule has 2 aromatic carbocycles. The molecule has 2 rings (SSSR count). The number of amides is 2. The van der Waals surface area contributed by atoms with Crippen LogP contribution in [0.3, 0.4) is 0 Å². The fourth-order valence-corrected chi connectivity index (χ4v) is 2.87. The van der Waals surface area contributed by atoms with Crippen LogP contribution in [0.2, 0.25) is 0 Å². The average Bonchev–Trinajstić information content (AvgIpc) is 2.78. The number of carbonyl (C=O) groups excluding carboxylic acids is 2. The Morgan fingerprint density at radius 1 is 0.625 bits per heavy atom. The van der Waals surface area contributed by atoms with Crippen LogP contribution >= 0.6 is 0 Å². The van der Waals surface area contributed by atoms with Crippen molar-refractivity contribution in [3.05, 3.63) is 59.7 Å². The van der Waals surface area contributed by atoms with Crippen LogP contribution in [0.5, 0.6) is 11.5 Å². The second kappa shape index (κ2) is 14.3. The van der Waals surface area contributed by atoms with Gasteiger partial charge in [0.1, 0.15) is 11.5 Å². The highest BCUT2D eigenvalue weighted by Crippen LogP contribution is 2.10. The molecule has 0 heterocycles. The lowest BCUT2D eigenvalue weighted by Crippen LogP contribution is -2.17.